The maximum Gasteiger partial charge on any atom is -0.0237 e. The molecule has 0 unspecified atom stereocenters. The topological polar surface area (TPSA) is 0 Å². The zero-order valence-electron chi connectivity index (χ0n) is 21.4. The zero-order valence-corrected chi connectivity index (χ0v) is 21.4. The van der Waals surface area contributed by atoms with Crippen molar-refractivity contribution < 1.29 is 0 Å². The lowest BCUT2D eigenvalue weighted by Gasteiger charge is -1.97. The number of rotatable bonds is 3. The zero-order chi connectivity index (χ0) is 22.7. The standard InChI is InChI=1S/C10H14.C3H8.6C2H6/c1-5-8-10(7-3)9(4)6-2;1-3-2;6*1-2/h5-8H,1,3H2,2,4H3;3H2,1-2H3;6*1-2H3/b9-6-,10-8-;;;;;;;. The van der Waals surface area contributed by atoms with Gasteiger partial charge in [-0.15, -0.1) is 0 Å². The monoisotopic (exact) mass is 358 g/mol. The van der Waals surface area contributed by atoms with Crippen LogP contribution in [0.3, 0.4) is 0 Å². The van der Waals surface area contributed by atoms with Crippen molar-refractivity contribution in [3.63, 3.8) is 0 Å². The molecule has 0 saturated heterocycles. The molecule has 0 N–H and O–H groups in total. The van der Waals surface area contributed by atoms with Gasteiger partial charge in [0.2, 0.25) is 0 Å². The van der Waals surface area contributed by atoms with Crippen LogP contribution in [-0.4, -0.2) is 0 Å². The van der Waals surface area contributed by atoms with E-state index in [0.29, 0.717) is 0 Å². The first-order valence-corrected chi connectivity index (χ1v) is 10.8. The fraction of sp³-hybridized carbons (Fsp3) is 0.680. The summed E-state index contributed by atoms with van der Waals surface area (Å²) >= 11 is 0. The SMILES string of the molecule is C=C/C=C(C=C)\C(C)=C/C.CC.CC.CC.CC.CC.CC.CCC. The van der Waals surface area contributed by atoms with Gasteiger partial charge in [-0.05, 0) is 25.0 Å². The van der Waals surface area contributed by atoms with Crippen molar-refractivity contribution >= 4 is 0 Å². The molecule has 0 bridgehead atoms. The van der Waals surface area contributed by atoms with Gasteiger partial charge in [-0.2, -0.15) is 0 Å². The molecule has 0 aliphatic rings. The molecule has 0 aliphatic carbocycles. The number of allylic oxidation sites excluding steroid dienone is 6. The second kappa shape index (κ2) is 112. The third-order valence-corrected chi connectivity index (χ3v) is 1.41. The molecule has 0 saturated carbocycles. The minimum absolute atomic E-state index is 1.14. The Balaban J connectivity index is -0.0000000270. The van der Waals surface area contributed by atoms with Crippen LogP contribution in [0.2, 0.25) is 0 Å². The minimum Gasteiger partial charge on any atom is -0.0990 e. The first-order valence-electron chi connectivity index (χ1n) is 10.8. The molecule has 25 heavy (non-hydrogen) atoms. The Labute approximate surface area is 166 Å². The van der Waals surface area contributed by atoms with E-state index in [4.69, 9.17) is 0 Å². The van der Waals surface area contributed by atoms with Gasteiger partial charge in [-0.3, -0.25) is 0 Å². The lowest BCUT2D eigenvalue weighted by atomic mass is 10.1. The summed E-state index contributed by atoms with van der Waals surface area (Å²) in [6, 6.07) is 0. The predicted molar refractivity (Wildman–Crippen MR) is 132 cm³/mol. The van der Waals surface area contributed by atoms with Crippen molar-refractivity contribution in [2.24, 2.45) is 0 Å². The average molecular weight is 359 g/mol. The number of hydrogen-bond donors (Lipinski definition) is 0. The minimum atomic E-state index is 1.14. The van der Waals surface area contributed by atoms with E-state index in [-0.39, 0.29) is 0 Å². The molecule has 0 aromatic carbocycles. The fourth-order valence-corrected chi connectivity index (χ4v) is 0.654. The molecule has 0 heteroatoms. The van der Waals surface area contributed by atoms with Crippen LogP contribution in [-0.2, 0) is 0 Å². The van der Waals surface area contributed by atoms with Crippen molar-refractivity contribution in [2.75, 3.05) is 0 Å². The Bertz CT molecular complexity index is 192. The van der Waals surface area contributed by atoms with Gasteiger partial charge in [0.25, 0.3) is 0 Å². The first-order chi connectivity index (χ1) is 12.2. The van der Waals surface area contributed by atoms with Gasteiger partial charge in [-0.1, -0.05) is 141 Å². The van der Waals surface area contributed by atoms with Gasteiger partial charge in [-0.25, -0.2) is 0 Å². The van der Waals surface area contributed by atoms with E-state index in [1.807, 2.05) is 102 Å². The molecule has 0 heterocycles. The van der Waals surface area contributed by atoms with Crippen LogP contribution < -0.4 is 0 Å². The molecule has 0 rings (SSSR count). The molecule has 0 amide bonds. The largest absolute Gasteiger partial charge is 0.0990 e. The quantitative estimate of drug-likeness (QED) is 0.440. The lowest BCUT2D eigenvalue weighted by molar-refractivity contribution is 1.09. The smallest absolute Gasteiger partial charge is 0.0237 e. The van der Waals surface area contributed by atoms with Crippen molar-refractivity contribution in [3.05, 3.63) is 48.6 Å². The molecule has 158 valence electrons. The van der Waals surface area contributed by atoms with E-state index in [1.54, 1.807) is 6.08 Å². The van der Waals surface area contributed by atoms with Gasteiger partial charge < -0.3 is 0 Å². The second-order valence-corrected chi connectivity index (χ2v) is 2.74. The van der Waals surface area contributed by atoms with Crippen molar-refractivity contribution in [1.29, 1.82) is 0 Å². The van der Waals surface area contributed by atoms with E-state index >= 15 is 0 Å². The highest BCUT2D eigenvalue weighted by Crippen LogP contribution is 2.09. The summed E-state index contributed by atoms with van der Waals surface area (Å²) in [6.45, 7) is 39.6. The van der Waals surface area contributed by atoms with Crippen molar-refractivity contribution in [2.45, 2.75) is 117 Å². The Kier molecular flexibility index (Phi) is 221. The Morgan fingerprint density at radius 1 is 0.680 bits per heavy atom. The van der Waals surface area contributed by atoms with E-state index in [2.05, 4.69) is 40.0 Å². The Hall–Kier alpha value is -1.04. The van der Waals surface area contributed by atoms with Crippen molar-refractivity contribution in [3.8, 4) is 0 Å². The lowest BCUT2D eigenvalue weighted by Crippen LogP contribution is -1.77. The van der Waals surface area contributed by atoms with Gasteiger partial charge in [0.1, 0.15) is 0 Å². The molecule has 0 spiro atoms. The molecular weight excluding hydrogens is 300 g/mol. The summed E-state index contributed by atoms with van der Waals surface area (Å²) < 4.78 is 0. The summed E-state index contributed by atoms with van der Waals surface area (Å²) in [5.41, 5.74) is 2.37. The van der Waals surface area contributed by atoms with E-state index in [1.165, 1.54) is 12.0 Å². The highest BCUT2D eigenvalue weighted by molar-refractivity contribution is 5.38. The molecule has 0 nitrogen and oxygen atoms in total. The number of hydrogen-bond acceptors (Lipinski definition) is 0. The Morgan fingerprint density at radius 3 is 1.04 bits per heavy atom. The normalized spacial score (nSPS) is 7.36. The van der Waals surface area contributed by atoms with Gasteiger partial charge in [0, 0.05) is 0 Å². The van der Waals surface area contributed by atoms with E-state index < -0.39 is 0 Å². The third-order valence-electron chi connectivity index (χ3n) is 1.41. The average Bonchev–Trinajstić information content (AvgIpc) is 2.75. The molecule has 0 atom stereocenters. The van der Waals surface area contributed by atoms with Gasteiger partial charge in [0.05, 0.1) is 0 Å². The van der Waals surface area contributed by atoms with Crippen LogP contribution in [0.4, 0.5) is 0 Å². The summed E-state index contributed by atoms with van der Waals surface area (Å²) in [4.78, 5) is 0. The Morgan fingerprint density at radius 2 is 0.920 bits per heavy atom. The molecular formula is C25H58. The summed E-state index contributed by atoms with van der Waals surface area (Å²) in [5, 5.41) is 0. The van der Waals surface area contributed by atoms with Crippen LogP contribution in [0.25, 0.3) is 0 Å². The first kappa shape index (κ1) is 49.6. The summed E-state index contributed by atoms with van der Waals surface area (Å²) in [6.07, 6.45) is 8.85. The van der Waals surface area contributed by atoms with Crippen LogP contribution in [0, 0.1) is 0 Å². The molecule has 0 aromatic rings. The highest BCUT2D eigenvalue weighted by atomic mass is 13.9. The second-order valence-electron chi connectivity index (χ2n) is 2.74. The van der Waals surface area contributed by atoms with Crippen LogP contribution in [0.15, 0.2) is 48.6 Å². The molecule has 0 aromatic heterocycles. The third kappa shape index (κ3) is 102. The molecule has 0 aliphatic heterocycles. The predicted octanol–water partition coefficient (Wildman–Crippen LogP) is 10.8. The molecule has 0 radical (unpaired) electrons. The highest BCUT2D eigenvalue weighted by Gasteiger charge is 1.89. The van der Waals surface area contributed by atoms with Crippen LogP contribution in [0.5, 0.6) is 0 Å². The summed E-state index contributed by atoms with van der Waals surface area (Å²) in [5.74, 6) is 0. The maximum atomic E-state index is 3.69. The van der Waals surface area contributed by atoms with Gasteiger partial charge >= 0.3 is 0 Å². The maximum absolute atomic E-state index is 3.69. The molecule has 0 fully saturated rings. The van der Waals surface area contributed by atoms with E-state index in [9.17, 15) is 0 Å². The van der Waals surface area contributed by atoms with Crippen molar-refractivity contribution in [1.82, 2.24) is 0 Å². The van der Waals surface area contributed by atoms with Crippen LogP contribution in [0.1, 0.15) is 117 Å². The van der Waals surface area contributed by atoms with Gasteiger partial charge in [0.15, 0.2) is 0 Å². The van der Waals surface area contributed by atoms with Crippen LogP contribution >= 0.6 is 0 Å². The van der Waals surface area contributed by atoms with E-state index in [0.717, 1.165) is 5.57 Å². The summed E-state index contributed by atoms with van der Waals surface area (Å²) in [7, 11) is 0. The fourth-order valence-electron chi connectivity index (χ4n) is 0.654.